The lowest BCUT2D eigenvalue weighted by Gasteiger charge is -2.33. The van der Waals surface area contributed by atoms with E-state index in [1.165, 1.54) is 0 Å². The van der Waals surface area contributed by atoms with Crippen LogP contribution in [0.15, 0.2) is 35.3 Å². The summed E-state index contributed by atoms with van der Waals surface area (Å²) in [5, 5.41) is 16.4. The largest absolute Gasteiger partial charge is 0.444 e. The van der Waals surface area contributed by atoms with E-state index in [-0.39, 0.29) is 42.6 Å². The molecule has 1 aliphatic heterocycles. The molecule has 0 aromatic heterocycles. The second kappa shape index (κ2) is 13.0. The van der Waals surface area contributed by atoms with Gasteiger partial charge >= 0.3 is 6.09 Å². The number of aliphatic imine (C=N–C) groups is 1. The molecule has 0 radical (unpaired) electrons. The van der Waals surface area contributed by atoms with Crippen molar-refractivity contribution in [2.24, 2.45) is 10.9 Å². The summed E-state index contributed by atoms with van der Waals surface area (Å²) in [6, 6.07) is 9.98. The molecule has 7 nitrogen and oxygen atoms in total. The Morgan fingerprint density at radius 3 is 2.40 bits per heavy atom. The first-order valence-electron chi connectivity index (χ1n) is 10.4. The predicted molar refractivity (Wildman–Crippen MR) is 132 cm³/mol. The van der Waals surface area contributed by atoms with E-state index < -0.39 is 5.60 Å². The SMILES string of the molecule is CN=C(NCC1CCN(C(=O)OC(C)(C)C)CC1)NCC(CO)c1ccccc1.I. The van der Waals surface area contributed by atoms with Crippen LogP contribution in [0.5, 0.6) is 0 Å². The van der Waals surface area contributed by atoms with Crippen LogP contribution in [0.2, 0.25) is 0 Å². The number of carbonyl (C=O) groups is 1. The second-order valence-corrected chi connectivity index (χ2v) is 8.53. The number of hydrogen-bond acceptors (Lipinski definition) is 4. The molecule has 1 aromatic rings. The number of amides is 1. The van der Waals surface area contributed by atoms with Crippen molar-refractivity contribution in [1.82, 2.24) is 15.5 Å². The number of benzene rings is 1. The molecular formula is C22H37IN4O3. The molecule has 1 unspecified atom stereocenters. The lowest BCUT2D eigenvalue weighted by atomic mass is 9.97. The Morgan fingerprint density at radius 2 is 1.87 bits per heavy atom. The second-order valence-electron chi connectivity index (χ2n) is 8.53. The van der Waals surface area contributed by atoms with Gasteiger partial charge in [-0.2, -0.15) is 0 Å². The molecule has 0 saturated carbocycles. The molecular weight excluding hydrogens is 495 g/mol. The third kappa shape index (κ3) is 9.07. The quantitative estimate of drug-likeness (QED) is 0.298. The number of guanidine groups is 1. The fourth-order valence-electron chi connectivity index (χ4n) is 3.34. The van der Waals surface area contributed by atoms with Gasteiger partial charge in [-0.05, 0) is 45.1 Å². The molecule has 0 aliphatic carbocycles. The van der Waals surface area contributed by atoms with E-state index in [0.29, 0.717) is 25.6 Å². The Balaban J connectivity index is 0.00000450. The fraction of sp³-hybridized carbons (Fsp3) is 0.636. The Labute approximate surface area is 197 Å². The Kier molecular flexibility index (Phi) is 11.5. The predicted octanol–water partition coefficient (Wildman–Crippen LogP) is 3.19. The number of nitrogens with one attached hydrogen (secondary N) is 2. The highest BCUT2D eigenvalue weighted by atomic mass is 127. The van der Waals surface area contributed by atoms with E-state index in [1.54, 1.807) is 11.9 Å². The molecule has 0 bridgehead atoms. The molecule has 1 atom stereocenters. The summed E-state index contributed by atoms with van der Waals surface area (Å²) in [7, 11) is 1.75. The molecule has 3 N–H and O–H groups in total. The zero-order chi connectivity index (χ0) is 21.3. The Hall–Kier alpha value is -1.55. The Morgan fingerprint density at radius 1 is 1.23 bits per heavy atom. The summed E-state index contributed by atoms with van der Waals surface area (Å²) >= 11 is 0. The monoisotopic (exact) mass is 532 g/mol. The number of ether oxygens (including phenoxy) is 1. The average Bonchev–Trinajstić information content (AvgIpc) is 2.70. The number of rotatable bonds is 6. The molecule has 1 amide bonds. The smallest absolute Gasteiger partial charge is 0.410 e. The van der Waals surface area contributed by atoms with Crippen molar-refractivity contribution in [1.29, 1.82) is 0 Å². The van der Waals surface area contributed by atoms with Gasteiger partial charge in [0, 0.05) is 39.1 Å². The van der Waals surface area contributed by atoms with Gasteiger partial charge in [0.1, 0.15) is 5.60 Å². The molecule has 1 aromatic carbocycles. The maximum absolute atomic E-state index is 12.2. The first-order chi connectivity index (χ1) is 13.8. The zero-order valence-corrected chi connectivity index (χ0v) is 20.9. The van der Waals surface area contributed by atoms with Crippen molar-refractivity contribution in [3.63, 3.8) is 0 Å². The molecule has 30 heavy (non-hydrogen) atoms. The summed E-state index contributed by atoms with van der Waals surface area (Å²) in [5.74, 6) is 1.23. The van der Waals surface area contributed by atoms with Crippen LogP contribution in [-0.2, 0) is 4.74 Å². The van der Waals surface area contributed by atoms with Crippen molar-refractivity contribution in [2.75, 3.05) is 39.8 Å². The number of halogens is 1. The number of aliphatic hydroxyl groups is 1. The lowest BCUT2D eigenvalue weighted by molar-refractivity contribution is 0.0185. The Bertz CT molecular complexity index is 656. The van der Waals surface area contributed by atoms with E-state index in [9.17, 15) is 9.90 Å². The molecule has 1 saturated heterocycles. The van der Waals surface area contributed by atoms with Crippen LogP contribution in [0, 0.1) is 5.92 Å². The molecule has 170 valence electrons. The van der Waals surface area contributed by atoms with Crippen LogP contribution in [-0.4, -0.2) is 67.5 Å². The molecule has 0 spiro atoms. The van der Waals surface area contributed by atoms with Crippen LogP contribution in [0.3, 0.4) is 0 Å². The van der Waals surface area contributed by atoms with Crippen molar-refractivity contribution in [2.45, 2.75) is 45.1 Å². The van der Waals surface area contributed by atoms with Crippen LogP contribution >= 0.6 is 24.0 Å². The van der Waals surface area contributed by atoms with Gasteiger partial charge in [0.25, 0.3) is 0 Å². The highest BCUT2D eigenvalue weighted by molar-refractivity contribution is 14.0. The van der Waals surface area contributed by atoms with E-state index in [2.05, 4.69) is 15.6 Å². The average molecular weight is 532 g/mol. The fourth-order valence-corrected chi connectivity index (χ4v) is 3.34. The van der Waals surface area contributed by atoms with Crippen molar-refractivity contribution < 1.29 is 14.6 Å². The van der Waals surface area contributed by atoms with E-state index in [4.69, 9.17) is 4.74 Å². The number of carbonyl (C=O) groups excluding carboxylic acids is 1. The molecule has 1 heterocycles. The molecule has 2 rings (SSSR count). The van der Waals surface area contributed by atoms with Gasteiger partial charge in [0.2, 0.25) is 0 Å². The van der Waals surface area contributed by atoms with Gasteiger partial charge in [-0.25, -0.2) is 4.79 Å². The summed E-state index contributed by atoms with van der Waals surface area (Å²) < 4.78 is 5.45. The van der Waals surface area contributed by atoms with Gasteiger partial charge in [-0.15, -0.1) is 24.0 Å². The van der Waals surface area contributed by atoms with Crippen molar-refractivity contribution >= 4 is 36.0 Å². The van der Waals surface area contributed by atoms with Crippen molar-refractivity contribution in [3.05, 3.63) is 35.9 Å². The van der Waals surface area contributed by atoms with Crippen LogP contribution in [0.25, 0.3) is 0 Å². The normalized spacial score (nSPS) is 16.4. The number of piperidine rings is 1. The number of aliphatic hydroxyl groups excluding tert-OH is 1. The maximum Gasteiger partial charge on any atom is 0.410 e. The summed E-state index contributed by atoms with van der Waals surface area (Å²) in [5.41, 5.74) is 0.646. The highest BCUT2D eigenvalue weighted by Crippen LogP contribution is 2.19. The zero-order valence-electron chi connectivity index (χ0n) is 18.6. The van der Waals surface area contributed by atoms with E-state index in [1.807, 2.05) is 51.1 Å². The van der Waals surface area contributed by atoms with Gasteiger partial charge in [0.05, 0.1) is 6.61 Å². The number of hydrogen-bond donors (Lipinski definition) is 3. The minimum absolute atomic E-state index is 0. The van der Waals surface area contributed by atoms with Gasteiger partial charge in [-0.3, -0.25) is 4.99 Å². The minimum atomic E-state index is -0.459. The topological polar surface area (TPSA) is 86.2 Å². The summed E-state index contributed by atoms with van der Waals surface area (Å²) in [6.07, 6.45) is 1.65. The van der Waals surface area contributed by atoms with E-state index >= 15 is 0 Å². The van der Waals surface area contributed by atoms with Crippen LogP contribution < -0.4 is 10.6 Å². The van der Waals surface area contributed by atoms with Gasteiger partial charge in [-0.1, -0.05) is 30.3 Å². The summed E-state index contributed by atoms with van der Waals surface area (Å²) in [4.78, 5) is 18.2. The molecule has 1 fully saturated rings. The van der Waals surface area contributed by atoms with E-state index in [0.717, 1.165) is 30.9 Å². The first kappa shape index (κ1) is 26.5. The molecule has 1 aliphatic rings. The third-order valence-corrected chi connectivity index (χ3v) is 5.06. The standard InChI is InChI=1S/C22H36N4O3.HI/c1-22(2,3)29-21(28)26-12-10-17(11-13-26)14-24-20(23-4)25-15-19(16-27)18-8-6-5-7-9-18;/h5-9,17,19,27H,10-16H2,1-4H3,(H2,23,24,25);1H. The first-order valence-corrected chi connectivity index (χ1v) is 10.4. The van der Waals surface area contributed by atoms with Crippen molar-refractivity contribution in [3.8, 4) is 0 Å². The van der Waals surface area contributed by atoms with Crippen LogP contribution in [0.1, 0.15) is 45.1 Å². The highest BCUT2D eigenvalue weighted by Gasteiger charge is 2.26. The number of likely N-dealkylation sites (tertiary alicyclic amines) is 1. The van der Waals surface area contributed by atoms with Gasteiger partial charge in [0.15, 0.2) is 5.96 Å². The molecule has 8 heteroatoms. The summed E-state index contributed by atoms with van der Waals surface area (Å²) in [6.45, 7) is 8.59. The minimum Gasteiger partial charge on any atom is -0.444 e. The van der Waals surface area contributed by atoms with Gasteiger partial charge < -0.3 is 25.4 Å². The van der Waals surface area contributed by atoms with Crippen LogP contribution in [0.4, 0.5) is 4.79 Å². The number of nitrogens with zero attached hydrogens (tertiary/aromatic N) is 2. The third-order valence-electron chi connectivity index (χ3n) is 5.06. The lowest BCUT2D eigenvalue weighted by Crippen LogP contribution is -2.46. The maximum atomic E-state index is 12.2.